The lowest BCUT2D eigenvalue weighted by Crippen LogP contribution is -2.50. The molecule has 0 saturated carbocycles. The minimum Gasteiger partial charge on any atom is -0.460 e. The first-order valence-corrected chi connectivity index (χ1v) is 12.0. The van der Waals surface area contributed by atoms with Crippen LogP contribution < -0.4 is 0 Å². The lowest BCUT2D eigenvalue weighted by molar-refractivity contribution is -0.385. The van der Waals surface area contributed by atoms with Crippen molar-refractivity contribution >= 4 is 17.6 Å². The monoisotopic (exact) mass is 503 g/mol. The van der Waals surface area contributed by atoms with Gasteiger partial charge in [-0.3, -0.25) is 19.7 Å². The van der Waals surface area contributed by atoms with Crippen LogP contribution in [0.15, 0.2) is 79.0 Å². The fourth-order valence-electron chi connectivity index (χ4n) is 4.54. The molecule has 1 amide bonds. The Kier molecular flexibility index (Phi) is 7.09. The van der Waals surface area contributed by atoms with E-state index in [4.69, 9.17) is 4.74 Å². The van der Waals surface area contributed by atoms with E-state index in [1.54, 1.807) is 69.3 Å². The van der Waals surface area contributed by atoms with E-state index < -0.39 is 40.0 Å². The number of esters is 1. The molecular formula is C28H29N3O6. The Balaban J connectivity index is 1.79. The molecular weight excluding hydrogens is 474 g/mol. The molecule has 0 spiro atoms. The largest absolute Gasteiger partial charge is 0.460 e. The summed E-state index contributed by atoms with van der Waals surface area (Å²) in [4.78, 5) is 42.3. The van der Waals surface area contributed by atoms with Crippen LogP contribution >= 0.6 is 0 Å². The van der Waals surface area contributed by atoms with Crippen LogP contribution in [-0.4, -0.2) is 50.5 Å². The summed E-state index contributed by atoms with van der Waals surface area (Å²) in [5.74, 6) is -0.943. The van der Waals surface area contributed by atoms with Crippen molar-refractivity contribution in [2.45, 2.75) is 44.9 Å². The Morgan fingerprint density at radius 2 is 1.57 bits per heavy atom. The molecule has 0 radical (unpaired) electrons. The van der Waals surface area contributed by atoms with E-state index in [2.05, 4.69) is 4.98 Å². The van der Waals surface area contributed by atoms with E-state index in [0.717, 1.165) is 6.20 Å². The number of pyridine rings is 1. The third kappa shape index (κ3) is 5.22. The Morgan fingerprint density at radius 1 is 1.00 bits per heavy atom. The van der Waals surface area contributed by atoms with Gasteiger partial charge in [-0.2, -0.15) is 0 Å². The van der Waals surface area contributed by atoms with Crippen molar-refractivity contribution in [3.8, 4) is 0 Å². The van der Waals surface area contributed by atoms with Crippen LogP contribution in [0.4, 0.5) is 5.69 Å². The Morgan fingerprint density at radius 3 is 2.03 bits per heavy atom. The van der Waals surface area contributed by atoms with Crippen molar-refractivity contribution < 1.29 is 24.4 Å². The number of likely N-dealkylation sites (tertiary alicyclic amines) is 1. The second-order valence-electron chi connectivity index (χ2n) is 10.1. The van der Waals surface area contributed by atoms with Gasteiger partial charge in [0, 0.05) is 12.5 Å². The smallest absolute Gasteiger partial charge is 0.311 e. The number of nitrogens with zero attached hydrogens (tertiary/aromatic N) is 3. The maximum absolute atomic E-state index is 13.7. The van der Waals surface area contributed by atoms with E-state index in [9.17, 15) is 24.8 Å². The molecule has 37 heavy (non-hydrogen) atoms. The van der Waals surface area contributed by atoms with Gasteiger partial charge in [-0.05, 0) is 38.0 Å². The summed E-state index contributed by atoms with van der Waals surface area (Å²) >= 11 is 0. The maximum Gasteiger partial charge on any atom is 0.311 e. The first-order chi connectivity index (χ1) is 17.5. The molecule has 1 aliphatic heterocycles. The SMILES string of the molecule is CC(C)(C)C(=O)O[C@@H]1C[C@@H](C(O)(c2ccccc2)c2ccccc2)N(C(=O)c2ccc([N+](=O)[O-])cn2)C1. The molecule has 4 rings (SSSR count). The maximum atomic E-state index is 13.7. The quantitative estimate of drug-likeness (QED) is 0.305. The van der Waals surface area contributed by atoms with Gasteiger partial charge in [0.1, 0.15) is 23.6 Å². The number of rotatable bonds is 6. The zero-order chi connectivity index (χ0) is 26.8. The summed E-state index contributed by atoms with van der Waals surface area (Å²) in [6.45, 7) is 5.27. The van der Waals surface area contributed by atoms with Crippen molar-refractivity contribution in [1.82, 2.24) is 9.88 Å². The number of aliphatic hydroxyl groups is 1. The summed E-state index contributed by atoms with van der Waals surface area (Å²) in [7, 11) is 0. The van der Waals surface area contributed by atoms with E-state index in [0.29, 0.717) is 11.1 Å². The van der Waals surface area contributed by atoms with E-state index >= 15 is 0 Å². The first-order valence-electron chi connectivity index (χ1n) is 12.0. The van der Waals surface area contributed by atoms with Crippen molar-refractivity contribution in [3.05, 3.63) is 106 Å². The van der Waals surface area contributed by atoms with Crippen molar-refractivity contribution in [3.63, 3.8) is 0 Å². The van der Waals surface area contributed by atoms with E-state index in [1.165, 1.54) is 17.0 Å². The number of carbonyl (C=O) groups excluding carboxylic acids is 2. The third-order valence-corrected chi connectivity index (χ3v) is 6.50. The van der Waals surface area contributed by atoms with Crippen molar-refractivity contribution in [2.24, 2.45) is 5.41 Å². The van der Waals surface area contributed by atoms with Crippen LogP contribution in [-0.2, 0) is 15.1 Å². The van der Waals surface area contributed by atoms with Gasteiger partial charge in [-0.1, -0.05) is 60.7 Å². The molecule has 2 heterocycles. The molecule has 1 aliphatic rings. The van der Waals surface area contributed by atoms with Gasteiger partial charge in [-0.15, -0.1) is 0 Å². The zero-order valence-corrected chi connectivity index (χ0v) is 20.9. The summed E-state index contributed by atoms with van der Waals surface area (Å²) in [5.41, 5.74) is -1.49. The minimum atomic E-state index is -1.64. The minimum absolute atomic E-state index is 0.0122. The standard InChI is InChI=1S/C28H29N3O6/c1-27(2,3)26(33)37-22-16-24(30(18-22)25(32)23-15-14-21(17-29-23)31(35)36)28(34,19-10-6-4-7-11-19)20-12-8-5-9-13-20/h4-15,17,22,24,34H,16,18H2,1-3H3/t22-,24+/m1/s1. The van der Waals surface area contributed by atoms with Crippen LogP contribution in [0.5, 0.6) is 0 Å². The van der Waals surface area contributed by atoms with Gasteiger partial charge in [-0.25, -0.2) is 4.98 Å². The summed E-state index contributed by atoms with van der Waals surface area (Å²) in [5, 5.41) is 23.5. The molecule has 2 atom stereocenters. The Labute approximate surface area is 214 Å². The summed E-state index contributed by atoms with van der Waals surface area (Å²) < 4.78 is 5.79. The van der Waals surface area contributed by atoms with E-state index in [-0.39, 0.29) is 24.3 Å². The number of ether oxygens (including phenoxy) is 1. The summed E-state index contributed by atoms with van der Waals surface area (Å²) in [6.07, 6.45) is 0.536. The molecule has 1 saturated heterocycles. The van der Waals surface area contributed by atoms with Crippen molar-refractivity contribution in [2.75, 3.05) is 6.54 Å². The molecule has 2 aromatic carbocycles. The van der Waals surface area contributed by atoms with Gasteiger partial charge in [0.05, 0.1) is 22.9 Å². The average molecular weight is 504 g/mol. The van der Waals surface area contributed by atoms with E-state index in [1.807, 2.05) is 12.1 Å². The molecule has 9 heteroatoms. The van der Waals surface area contributed by atoms with Gasteiger partial charge in [0.15, 0.2) is 0 Å². The molecule has 3 aromatic rings. The molecule has 0 bridgehead atoms. The molecule has 1 fully saturated rings. The highest BCUT2D eigenvalue weighted by molar-refractivity contribution is 5.93. The van der Waals surface area contributed by atoms with Crippen LogP contribution in [0, 0.1) is 15.5 Å². The molecule has 1 N–H and O–H groups in total. The Bertz CT molecular complexity index is 1230. The fraction of sp³-hybridized carbons (Fsp3) is 0.321. The van der Waals surface area contributed by atoms with Gasteiger partial charge >= 0.3 is 5.97 Å². The lowest BCUT2D eigenvalue weighted by atomic mass is 9.78. The second-order valence-corrected chi connectivity index (χ2v) is 10.1. The highest BCUT2D eigenvalue weighted by Gasteiger charge is 2.51. The number of carbonyl (C=O) groups is 2. The second kappa shape index (κ2) is 10.1. The molecule has 1 aromatic heterocycles. The normalized spacial score (nSPS) is 17.9. The first kappa shape index (κ1) is 26.0. The molecule has 0 unspecified atom stereocenters. The van der Waals surface area contributed by atoms with Gasteiger partial charge in [0.2, 0.25) is 0 Å². The lowest BCUT2D eigenvalue weighted by Gasteiger charge is -2.39. The highest BCUT2D eigenvalue weighted by Crippen LogP contribution is 2.41. The third-order valence-electron chi connectivity index (χ3n) is 6.50. The van der Waals surface area contributed by atoms with Crippen LogP contribution in [0.2, 0.25) is 0 Å². The number of benzene rings is 2. The molecule has 0 aliphatic carbocycles. The van der Waals surface area contributed by atoms with Crippen LogP contribution in [0.25, 0.3) is 0 Å². The topological polar surface area (TPSA) is 123 Å². The molecule has 192 valence electrons. The number of hydrogen-bond acceptors (Lipinski definition) is 7. The summed E-state index contributed by atoms with van der Waals surface area (Å²) in [6, 6.07) is 19.7. The highest BCUT2D eigenvalue weighted by atomic mass is 16.6. The fourth-order valence-corrected chi connectivity index (χ4v) is 4.54. The van der Waals surface area contributed by atoms with Crippen LogP contribution in [0.3, 0.4) is 0 Å². The molecule has 9 nitrogen and oxygen atoms in total. The predicted molar refractivity (Wildman–Crippen MR) is 136 cm³/mol. The predicted octanol–water partition coefficient (Wildman–Crippen LogP) is 4.10. The van der Waals surface area contributed by atoms with Crippen LogP contribution in [0.1, 0.15) is 48.8 Å². The number of hydrogen-bond donors (Lipinski definition) is 1. The van der Waals surface area contributed by atoms with Crippen molar-refractivity contribution in [1.29, 1.82) is 0 Å². The van der Waals surface area contributed by atoms with Gasteiger partial charge < -0.3 is 14.7 Å². The van der Waals surface area contributed by atoms with Gasteiger partial charge in [0.25, 0.3) is 11.6 Å². The number of amides is 1. The zero-order valence-electron chi connectivity index (χ0n) is 20.9. The number of aromatic nitrogens is 1. The Hall–Kier alpha value is -4.11. The average Bonchev–Trinajstić information content (AvgIpc) is 3.32. The number of nitro groups is 1.